The van der Waals surface area contributed by atoms with Gasteiger partial charge in [0, 0.05) is 12.5 Å². The lowest BCUT2D eigenvalue weighted by atomic mass is 10.1. The third-order valence-electron chi connectivity index (χ3n) is 1.84. The van der Waals surface area contributed by atoms with Crippen molar-refractivity contribution in [2.75, 3.05) is 6.54 Å². The van der Waals surface area contributed by atoms with Crippen LogP contribution in [0.2, 0.25) is 0 Å². The van der Waals surface area contributed by atoms with Gasteiger partial charge < -0.3 is 10.3 Å². The van der Waals surface area contributed by atoms with Gasteiger partial charge in [-0.3, -0.25) is 10.1 Å². The van der Waals surface area contributed by atoms with Crippen LogP contribution in [-0.4, -0.2) is 16.6 Å². The molecule has 0 amide bonds. The summed E-state index contributed by atoms with van der Waals surface area (Å²) in [5.41, 5.74) is 5.61. The first-order chi connectivity index (χ1) is 6.07. The molecule has 1 rings (SSSR count). The van der Waals surface area contributed by atoms with E-state index in [1.54, 1.807) is 6.92 Å². The van der Waals surface area contributed by atoms with E-state index in [4.69, 9.17) is 10.3 Å². The Morgan fingerprint density at radius 1 is 1.77 bits per heavy atom. The average Bonchev–Trinajstić information content (AvgIpc) is 2.45. The van der Waals surface area contributed by atoms with Crippen LogP contribution in [0.3, 0.4) is 0 Å². The molecule has 0 aliphatic carbocycles. The predicted molar refractivity (Wildman–Crippen MR) is 45.4 cm³/mol. The van der Waals surface area contributed by atoms with Gasteiger partial charge in [-0.05, 0) is 6.92 Å². The summed E-state index contributed by atoms with van der Waals surface area (Å²) in [6, 6.07) is 0. The zero-order chi connectivity index (χ0) is 10.0. The average molecular weight is 185 g/mol. The van der Waals surface area contributed by atoms with Crippen LogP contribution in [0.15, 0.2) is 4.52 Å². The Morgan fingerprint density at radius 3 is 2.85 bits per heavy atom. The molecule has 72 valence electrons. The van der Waals surface area contributed by atoms with Gasteiger partial charge in [0.2, 0.25) is 5.76 Å². The fraction of sp³-hybridized carbons (Fsp3) is 0.571. The van der Waals surface area contributed by atoms with Crippen LogP contribution < -0.4 is 5.73 Å². The molecule has 1 aromatic heterocycles. The molecular formula is C7H11N3O3. The van der Waals surface area contributed by atoms with Crippen LogP contribution in [0.4, 0.5) is 5.69 Å². The van der Waals surface area contributed by atoms with Crippen molar-refractivity contribution in [3.63, 3.8) is 0 Å². The molecule has 0 saturated carbocycles. The molecule has 0 aromatic carbocycles. The molecule has 0 spiro atoms. The molecule has 0 bridgehead atoms. The zero-order valence-corrected chi connectivity index (χ0v) is 7.48. The monoisotopic (exact) mass is 185 g/mol. The maximum Gasteiger partial charge on any atom is 0.334 e. The van der Waals surface area contributed by atoms with Crippen molar-refractivity contribution in [3.8, 4) is 0 Å². The number of nitrogens with two attached hydrogens (primary N) is 1. The van der Waals surface area contributed by atoms with Crippen molar-refractivity contribution in [3.05, 3.63) is 21.6 Å². The number of hydrogen-bond donors (Lipinski definition) is 1. The van der Waals surface area contributed by atoms with Crippen molar-refractivity contribution < 1.29 is 9.45 Å². The Hall–Kier alpha value is -1.43. The Balaban J connectivity index is 3.14. The molecule has 0 aliphatic heterocycles. The van der Waals surface area contributed by atoms with Crippen molar-refractivity contribution >= 4 is 5.69 Å². The molecule has 1 aromatic rings. The van der Waals surface area contributed by atoms with Crippen LogP contribution >= 0.6 is 0 Å². The number of rotatable bonds is 3. The van der Waals surface area contributed by atoms with Crippen molar-refractivity contribution in [2.24, 2.45) is 5.73 Å². The fourth-order valence-electron chi connectivity index (χ4n) is 1.03. The number of aryl methyl sites for hydroxylation is 1. The van der Waals surface area contributed by atoms with Gasteiger partial charge in [0.1, 0.15) is 0 Å². The maximum absolute atomic E-state index is 10.6. The van der Waals surface area contributed by atoms with Gasteiger partial charge in [0.25, 0.3) is 0 Å². The smallest absolute Gasteiger partial charge is 0.334 e. The largest absolute Gasteiger partial charge is 0.353 e. The summed E-state index contributed by atoms with van der Waals surface area (Å²) < 4.78 is 4.84. The summed E-state index contributed by atoms with van der Waals surface area (Å²) in [5, 5.41) is 14.1. The van der Waals surface area contributed by atoms with E-state index in [9.17, 15) is 10.1 Å². The Labute approximate surface area is 74.8 Å². The molecular weight excluding hydrogens is 174 g/mol. The van der Waals surface area contributed by atoms with Crippen molar-refractivity contribution in [1.82, 2.24) is 5.16 Å². The summed E-state index contributed by atoms with van der Waals surface area (Å²) in [6.07, 6.45) is 0. The summed E-state index contributed by atoms with van der Waals surface area (Å²) in [4.78, 5) is 10.1. The van der Waals surface area contributed by atoms with Gasteiger partial charge in [-0.1, -0.05) is 12.1 Å². The van der Waals surface area contributed by atoms with Crippen LogP contribution in [-0.2, 0) is 0 Å². The van der Waals surface area contributed by atoms with Gasteiger partial charge in [0.15, 0.2) is 5.69 Å². The van der Waals surface area contributed by atoms with Gasteiger partial charge >= 0.3 is 5.69 Å². The molecule has 6 heteroatoms. The highest BCUT2D eigenvalue weighted by Gasteiger charge is 2.27. The zero-order valence-electron chi connectivity index (χ0n) is 7.48. The lowest BCUT2D eigenvalue weighted by Gasteiger charge is -2.01. The van der Waals surface area contributed by atoms with Gasteiger partial charge in [0.05, 0.1) is 4.92 Å². The number of nitro groups is 1. The molecule has 0 saturated heterocycles. The van der Waals surface area contributed by atoms with E-state index < -0.39 is 4.92 Å². The van der Waals surface area contributed by atoms with Gasteiger partial charge in [-0.15, -0.1) is 0 Å². The molecule has 13 heavy (non-hydrogen) atoms. The molecule has 0 fully saturated rings. The second kappa shape index (κ2) is 3.53. The summed E-state index contributed by atoms with van der Waals surface area (Å²) >= 11 is 0. The molecule has 6 nitrogen and oxygen atoms in total. The van der Waals surface area contributed by atoms with E-state index in [0.29, 0.717) is 12.2 Å². The summed E-state index contributed by atoms with van der Waals surface area (Å²) in [5.74, 6) is 0.0756. The standard InChI is InChI=1S/C7H11N3O3/c1-4(3-8)7-6(10(11)12)5(2)9-13-7/h4H,3,8H2,1-2H3. The highest BCUT2D eigenvalue weighted by atomic mass is 16.6. The Morgan fingerprint density at radius 2 is 2.38 bits per heavy atom. The third kappa shape index (κ3) is 1.67. The molecule has 1 atom stereocenters. The first kappa shape index (κ1) is 9.66. The SMILES string of the molecule is Cc1noc(C(C)CN)c1[N+](=O)[O-]. The fourth-order valence-corrected chi connectivity index (χ4v) is 1.03. The quantitative estimate of drug-likeness (QED) is 0.558. The number of nitrogens with zero attached hydrogens (tertiary/aromatic N) is 2. The van der Waals surface area contributed by atoms with Crippen LogP contribution in [0.25, 0.3) is 0 Å². The van der Waals surface area contributed by atoms with Crippen LogP contribution in [0.5, 0.6) is 0 Å². The molecule has 1 unspecified atom stereocenters. The Bertz CT molecular complexity index is 321. The highest BCUT2D eigenvalue weighted by Crippen LogP contribution is 2.28. The summed E-state index contributed by atoms with van der Waals surface area (Å²) in [7, 11) is 0. The molecule has 0 aliphatic rings. The van der Waals surface area contributed by atoms with Crippen molar-refractivity contribution in [1.29, 1.82) is 0 Å². The summed E-state index contributed by atoms with van der Waals surface area (Å²) in [6.45, 7) is 3.59. The van der Waals surface area contributed by atoms with Crippen LogP contribution in [0, 0.1) is 17.0 Å². The molecule has 2 N–H and O–H groups in total. The molecule has 0 radical (unpaired) electrons. The van der Waals surface area contributed by atoms with E-state index in [1.165, 1.54) is 6.92 Å². The lowest BCUT2D eigenvalue weighted by Crippen LogP contribution is -2.09. The normalized spacial score (nSPS) is 12.8. The first-order valence-electron chi connectivity index (χ1n) is 3.88. The minimum atomic E-state index is -0.493. The van der Waals surface area contributed by atoms with E-state index in [1.807, 2.05) is 0 Å². The van der Waals surface area contributed by atoms with E-state index in [0.717, 1.165) is 0 Å². The van der Waals surface area contributed by atoms with Gasteiger partial charge in [-0.2, -0.15) is 0 Å². The molecule has 1 heterocycles. The number of hydrogen-bond acceptors (Lipinski definition) is 5. The third-order valence-corrected chi connectivity index (χ3v) is 1.84. The van der Waals surface area contributed by atoms with Gasteiger partial charge in [-0.25, -0.2) is 0 Å². The first-order valence-corrected chi connectivity index (χ1v) is 3.88. The second-order valence-electron chi connectivity index (χ2n) is 2.87. The second-order valence-corrected chi connectivity index (χ2v) is 2.87. The maximum atomic E-state index is 10.6. The van der Waals surface area contributed by atoms with Crippen LogP contribution in [0.1, 0.15) is 24.3 Å². The van der Waals surface area contributed by atoms with E-state index in [2.05, 4.69) is 5.16 Å². The minimum Gasteiger partial charge on any atom is -0.353 e. The Kier molecular flexibility index (Phi) is 2.62. The van der Waals surface area contributed by atoms with E-state index >= 15 is 0 Å². The highest BCUT2D eigenvalue weighted by molar-refractivity contribution is 5.39. The predicted octanol–water partition coefficient (Wildman–Crippen LogP) is 0.953. The number of aromatic nitrogens is 1. The topological polar surface area (TPSA) is 95.2 Å². The minimum absolute atomic E-state index is 0.0575. The van der Waals surface area contributed by atoms with E-state index in [-0.39, 0.29) is 17.4 Å². The lowest BCUT2D eigenvalue weighted by molar-refractivity contribution is -0.386. The van der Waals surface area contributed by atoms with Crippen molar-refractivity contribution in [2.45, 2.75) is 19.8 Å².